The van der Waals surface area contributed by atoms with Gasteiger partial charge in [0.1, 0.15) is 5.75 Å². The summed E-state index contributed by atoms with van der Waals surface area (Å²) in [6, 6.07) is 11.9. The predicted molar refractivity (Wildman–Crippen MR) is 114 cm³/mol. The van der Waals surface area contributed by atoms with Crippen LogP contribution in [0.5, 0.6) is 5.75 Å². The van der Waals surface area contributed by atoms with Crippen molar-refractivity contribution in [1.82, 2.24) is 0 Å². The van der Waals surface area contributed by atoms with Crippen LogP contribution in [-0.2, 0) is 19.1 Å². The maximum atomic E-state index is 12.0. The van der Waals surface area contributed by atoms with Crippen LogP contribution >= 0.6 is 27.5 Å². The van der Waals surface area contributed by atoms with Gasteiger partial charge in [-0.1, -0.05) is 27.5 Å². The van der Waals surface area contributed by atoms with Gasteiger partial charge in [0, 0.05) is 28.0 Å². The number of anilines is 2. The molecule has 9 heteroatoms. The summed E-state index contributed by atoms with van der Waals surface area (Å²) >= 11 is 9.22. The van der Waals surface area contributed by atoms with Gasteiger partial charge in [-0.15, -0.1) is 0 Å². The van der Waals surface area contributed by atoms with Gasteiger partial charge in [-0.05, 0) is 48.9 Å². The molecule has 29 heavy (non-hydrogen) atoms. The first-order valence-corrected chi connectivity index (χ1v) is 9.89. The molecule has 2 N–H and O–H groups in total. The second-order valence-corrected chi connectivity index (χ2v) is 7.31. The number of hydrogen-bond acceptors (Lipinski definition) is 5. The van der Waals surface area contributed by atoms with Crippen LogP contribution in [0.25, 0.3) is 0 Å². The number of amides is 2. The fraction of sp³-hybridized carbons (Fsp3) is 0.250. The molecule has 0 aliphatic rings. The van der Waals surface area contributed by atoms with Gasteiger partial charge in [0.05, 0.1) is 12.8 Å². The number of nitrogens with one attached hydrogen (secondary N) is 2. The number of esters is 1. The predicted octanol–water partition coefficient (Wildman–Crippen LogP) is 4.40. The van der Waals surface area contributed by atoms with Crippen LogP contribution in [0.3, 0.4) is 0 Å². The van der Waals surface area contributed by atoms with Crippen molar-refractivity contribution in [3.05, 3.63) is 52.0 Å². The Kier molecular flexibility index (Phi) is 8.95. The molecule has 0 spiro atoms. The van der Waals surface area contributed by atoms with Gasteiger partial charge < -0.3 is 20.1 Å². The second kappa shape index (κ2) is 11.4. The van der Waals surface area contributed by atoms with Gasteiger partial charge in [-0.3, -0.25) is 14.4 Å². The Hall–Kier alpha value is -2.58. The fourth-order valence-corrected chi connectivity index (χ4v) is 2.77. The lowest BCUT2D eigenvalue weighted by atomic mass is 10.2. The minimum Gasteiger partial charge on any atom is -0.495 e. The van der Waals surface area contributed by atoms with Gasteiger partial charge in [0.15, 0.2) is 6.61 Å². The van der Waals surface area contributed by atoms with E-state index in [1.807, 2.05) is 0 Å². The molecule has 0 aliphatic carbocycles. The van der Waals surface area contributed by atoms with E-state index < -0.39 is 11.9 Å². The van der Waals surface area contributed by atoms with Crippen molar-refractivity contribution in [2.45, 2.75) is 19.3 Å². The van der Waals surface area contributed by atoms with E-state index in [2.05, 4.69) is 26.6 Å². The molecular formula is C20H20BrClN2O5. The van der Waals surface area contributed by atoms with Crippen molar-refractivity contribution in [2.75, 3.05) is 24.4 Å². The van der Waals surface area contributed by atoms with Crippen molar-refractivity contribution in [1.29, 1.82) is 0 Å². The second-order valence-electron chi connectivity index (χ2n) is 5.96. The summed E-state index contributed by atoms with van der Waals surface area (Å²) in [5.41, 5.74) is 1.06. The molecule has 0 unspecified atom stereocenters. The Morgan fingerprint density at radius 2 is 1.72 bits per heavy atom. The Morgan fingerprint density at radius 1 is 1.00 bits per heavy atom. The number of carbonyl (C=O) groups is 3. The first kappa shape index (κ1) is 22.7. The first-order valence-electron chi connectivity index (χ1n) is 8.72. The van der Waals surface area contributed by atoms with E-state index >= 15 is 0 Å². The van der Waals surface area contributed by atoms with Crippen molar-refractivity contribution in [3.63, 3.8) is 0 Å². The molecule has 154 valence electrons. The molecule has 7 nitrogen and oxygen atoms in total. The Bertz CT molecular complexity index is 874. The first-order chi connectivity index (χ1) is 13.9. The summed E-state index contributed by atoms with van der Waals surface area (Å²) < 4.78 is 11.0. The SMILES string of the molecule is COc1ccc(Cl)cc1NC(=O)CCCC(=O)OCC(=O)Nc1ccc(Br)cc1. The van der Waals surface area contributed by atoms with Crippen LogP contribution in [0.1, 0.15) is 19.3 Å². The molecule has 0 saturated carbocycles. The molecule has 0 atom stereocenters. The molecule has 0 bridgehead atoms. The molecule has 0 fully saturated rings. The number of methoxy groups -OCH3 is 1. The lowest BCUT2D eigenvalue weighted by Crippen LogP contribution is -2.21. The van der Waals surface area contributed by atoms with E-state index in [0.717, 1.165) is 4.47 Å². The van der Waals surface area contributed by atoms with Crippen molar-refractivity contribution < 1.29 is 23.9 Å². The lowest BCUT2D eigenvalue weighted by molar-refractivity contribution is -0.147. The third-order valence-corrected chi connectivity index (χ3v) is 4.48. The van der Waals surface area contributed by atoms with E-state index in [9.17, 15) is 14.4 Å². The molecular weight excluding hydrogens is 464 g/mol. The van der Waals surface area contributed by atoms with Crippen molar-refractivity contribution in [3.8, 4) is 5.75 Å². The summed E-state index contributed by atoms with van der Waals surface area (Å²) in [6.45, 7) is -0.388. The molecule has 0 aromatic heterocycles. The Balaban J connectivity index is 1.67. The molecule has 2 aromatic carbocycles. The van der Waals surface area contributed by atoms with Gasteiger partial charge >= 0.3 is 5.97 Å². The number of halogens is 2. The molecule has 0 heterocycles. The summed E-state index contributed by atoms with van der Waals surface area (Å²) in [6.07, 6.45) is 0.406. The van der Waals surface area contributed by atoms with Gasteiger partial charge in [0.2, 0.25) is 5.91 Å². The molecule has 2 amide bonds. The topological polar surface area (TPSA) is 93.7 Å². The van der Waals surface area contributed by atoms with E-state index in [0.29, 0.717) is 22.1 Å². The normalized spacial score (nSPS) is 10.2. The van der Waals surface area contributed by atoms with Gasteiger partial charge in [-0.2, -0.15) is 0 Å². The maximum Gasteiger partial charge on any atom is 0.306 e. The number of rotatable bonds is 9. The highest BCUT2D eigenvalue weighted by molar-refractivity contribution is 9.10. The highest BCUT2D eigenvalue weighted by atomic mass is 79.9. The minimum atomic E-state index is -0.552. The van der Waals surface area contributed by atoms with E-state index in [4.69, 9.17) is 21.1 Å². The molecule has 0 radical (unpaired) electrons. The third kappa shape index (κ3) is 8.13. The molecule has 0 saturated heterocycles. The summed E-state index contributed by atoms with van der Waals surface area (Å²) in [4.78, 5) is 35.6. The largest absolute Gasteiger partial charge is 0.495 e. The highest BCUT2D eigenvalue weighted by Crippen LogP contribution is 2.27. The van der Waals surface area contributed by atoms with Crippen LogP contribution in [0.4, 0.5) is 11.4 Å². The number of carbonyl (C=O) groups excluding carboxylic acids is 3. The number of benzene rings is 2. The van der Waals surface area contributed by atoms with Gasteiger partial charge in [-0.25, -0.2) is 0 Å². The third-order valence-electron chi connectivity index (χ3n) is 3.71. The quantitative estimate of drug-likeness (QED) is 0.516. The average Bonchev–Trinajstić information content (AvgIpc) is 2.68. The van der Waals surface area contributed by atoms with E-state index in [1.165, 1.54) is 7.11 Å². The van der Waals surface area contributed by atoms with Crippen LogP contribution in [0.2, 0.25) is 5.02 Å². The zero-order valence-electron chi connectivity index (χ0n) is 15.7. The standard InChI is InChI=1S/C20H20BrClN2O5/c1-28-17-10-7-14(22)11-16(17)24-18(25)3-2-4-20(27)29-12-19(26)23-15-8-5-13(21)6-9-15/h5-11H,2-4,12H2,1H3,(H,23,26)(H,24,25). The lowest BCUT2D eigenvalue weighted by Gasteiger charge is -2.10. The number of ether oxygens (including phenoxy) is 2. The van der Waals surface area contributed by atoms with Gasteiger partial charge in [0.25, 0.3) is 5.91 Å². The summed E-state index contributed by atoms with van der Waals surface area (Å²) in [5.74, 6) is -0.791. The van der Waals surface area contributed by atoms with Crippen molar-refractivity contribution >= 4 is 56.7 Å². The average molecular weight is 484 g/mol. The fourth-order valence-electron chi connectivity index (χ4n) is 2.33. The zero-order chi connectivity index (χ0) is 21.2. The zero-order valence-corrected chi connectivity index (χ0v) is 18.0. The monoisotopic (exact) mass is 482 g/mol. The van der Waals surface area contributed by atoms with Crippen molar-refractivity contribution in [2.24, 2.45) is 0 Å². The Labute approximate surface area is 181 Å². The smallest absolute Gasteiger partial charge is 0.306 e. The maximum absolute atomic E-state index is 12.0. The van der Waals surface area contributed by atoms with Crippen LogP contribution in [0, 0.1) is 0 Å². The van der Waals surface area contributed by atoms with Crippen LogP contribution < -0.4 is 15.4 Å². The summed E-state index contributed by atoms with van der Waals surface area (Å²) in [5, 5.41) is 5.77. The van der Waals surface area contributed by atoms with Crippen LogP contribution in [-0.4, -0.2) is 31.5 Å². The van der Waals surface area contributed by atoms with E-state index in [1.54, 1.807) is 42.5 Å². The van der Waals surface area contributed by atoms with Crippen LogP contribution in [0.15, 0.2) is 46.9 Å². The highest BCUT2D eigenvalue weighted by Gasteiger charge is 2.11. The minimum absolute atomic E-state index is 0.0195. The molecule has 0 aliphatic heterocycles. The van der Waals surface area contributed by atoms with E-state index in [-0.39, 0.29) is 31.8 Å². The number of hydrogen-bond donors (Lipinski definition) is 2. The Morgan fingerprint density at radius 3 is 2.41 bits per heavy atom. The molecule has 2 aromatic rings. The molecule has 2 rings (SSSR count). The summed E-state index contributed by atoms with van der Waals surface area (Å²) in [7, 11) is 1.49.